The van der Waals surface area contributed by atoms with Gasteiger partial charge < -0.3 is 21.4 Å². The van der Waals surface area contributed by atoms with Crippen molar-refractivity contribution in [2.75, 3.05) is 26.7 Å². The van der Waals surface area contributed by atoms with Gasteiger partial charge in [0.1, 0.15) is 0 Å². The Morgan fingerprint density at radius 2 is 2.20 bits per heavy atom. The molecule has 1 spiro atoms. The summed E-state index contributed by atoms with van der Waals surface area (Å²) in [5.74, 6) is 0.842. The monoisotopic (exact) mass is 338 g/mol. The normalized spacial score (nSPS) is 28.8. The largest absolute Gasteiger partial charge is 0.393 e. The Labute approximate surface area is 151 Å². The molecular formula is C21H30N4. The number of rotatable bonds is 6. The van der Waals surface area contributed by atoms with E-state index in [0.29, 0.717) is 11.5 Å². The lowest BCUT2D eigenvalue weighted by Gasteiger charge is -2.23. The quantitative estimate of drug-likeness (QED) is 0.603. The molecule has 1 heterocycles. The van der Waals surface area contributed by atoms with E-state index >= 15 is 0 Å². The second-order valence-corrected chi connectivity index (χ2v) is 7.92. The van der Waals surface area contributed by atoms with Gasteiger partial charge in [-0.05, 0) is 74.3 Å². The van der Waals surface area contributed by atoms with Crippen molar-refractivity contribution < 1.29 is 0 Å². The lowest BCUT2D eigenvalue weighted by Crippen LogP contribution is -2.35. The zero-order valence-electron chi connectivity index (χ0n) is 15.2. The van der Waals surface area contributed by atoms with Gasteiger partial charge in [-0.25, -0.2) is 0 Å². The molecule has 0 bridgehead atoms. The minimum absolute atomic E-state index is 0.366. The van der Waals surface area contributed by atoms with Crippen LogP contribution in [-0.4, -0.2) is 38.9 Å². The van der Waals surface area contributed by atoms with Crippen molar-refractivity contribution >= 4 is 11.8 Å². The van der Waals surface area contributed by atoms with Crippen molar-refractivity contribution in [2.45, 2.75) is 43.6 Å². The molecule has 134 valence electrons. The number of nitrogens with one attached hydrogen (secondary N) is 4. The van der Waals surface area contributed by atoms with E-state index in [9.17, 15) is 0 Å². The van der Waals surface area contributed by atoms with E-state index in [1.165, 1.54) is 69.1 Å². The number of benzene rings is 1. The highest BCUT2D eigenvalue weighted by molar-refractivity contribution is 6.08. The molecule has 0 aromatic heterocycles. The van der Waals surface area contributed by atoms with Gasteiger partial charge >= 0.3 is 0 Å². The number of hydrogen-bond donors (Lipinski definition) is 4. The molecule has 1 saturated carbocycles. The Morgan fingerprint density at radius 1 is 1.36 bits per heavy atom. The van der Waals surface area contributed by atoms with Gasteiger partial charge in [-0.1, -0.05) is 18.2 Å². The van der Waals surface area contributed by atoms with Crippen LogP contribution < -0.4 is 16.0 Å². The van der Waals surface area contributed by atoms with Gasteiger partial charge in [-0.3, -0.25) is 0 Å². The van der Waals surface area contributed by atoms with Crippen LogP contribution in [0.4, 0.5) is 0 Å². The van der Waals surface area contributed by atoms with Gasteiger partial charge in [0.2, 0.25) is 0 Å². The molecule has 4 heteroatoms. The maximum absolute atomic E-state index is 7.68. The van der Waals surface area contributed by atoms with Gasteiger partial charge in [0, 0.05) is 36.5 Å². The maximum Gasteiger partial charge on any atom is 0.0270 e. The van der Waals surface area contributed by atoms with Gasteiger partial charge in [0.05, 0.1) is 0 Å². The molecule has 4 nitrogen and oxygen atoms in total. The number of aryl methyl sites for hydroxylation is 1. The first kappa shape index (κ1) is 16.8. The summed E-state index contributed by atoms with van der Waals surface area (Å²) in [6.07, 6.45) is 9.75. The molecule has 1 aliphatic heterocycles. The van der Waals surface area contributed by atoms with E-state index in [0.717, 1.165) is 17.1 Å². The van der Waals surface area contributed by atoms with E-state index in [1.807, 2.05) is 13.2 Å². The predicted molar refractivity (Wildman–Crippen MR) is 104 cm³/mol. The van der Waals surface area contributed by atoms with Crippen LogP contribution in [0.1, 0.15) is 42.4 Å². The third-order valence-corrected chi connectivity index (χ3v) is 6.46. The minimum atomic E-state index is 0.366. The fourth-order valence-electron chi connectivity index (χ4n) is 4.84. The Morgan fingerprint density at radius 3 is 2.96 bits per heavy atom. The van der Waals surface area contributed by atoms with Crippen LogP contribution in [0, 0.1) is 11.3 Å². The Kier molecular flexibility index (Phi) is 4.65. The van der Waals surface area contributed by atoms with Crippen molar-refractivity contribution in [2.24, 2.45) is 5.92 Å². The molecule has 2 atom stereocenters. The van der Waals surface area contributed by atoms with Gasteiger partial charge in [-0.2, -0.15) is 0 Å². The number of hydrogen-bond acceptors (Lipinski definition) is 4. The molecule has 2 aliphatic carbocycles. The number of allylic oxidation sites excluding steroid dienone is 1. The first-order valence-corrected chi connectivity index (χ1v) is 9.72. The molecule has 1 saturated heterocycles. The van der Waals surface area contributed by atoms with Crippen LogP contribution in [0.5, 0.6) is 0 Å². The van der Waals surface area contributed by atoms with Gasteiger partial charge in [0.15, 0.2) is 0 Å². The Balaban J connectivity index is 1.48. The first-order valence-electron chi connectivity index (χ1n) is 9.72. The average molecular weight is 338 g/mol. The molecule has 1 aromatic carbocycles. The highest BCUT2D eigenvalue weighted by atomic mass is 15.0. The molecule has 4 rings (SSSR count). The molecule has 25 heavy (non-hydrogen) atoms. The summed E-state index contributed by atoms with van der Waals surface area (Å²) in [4.78, 5) is 0. The fraction of sp³-hybridized carbons (Fsp3) is 0.571. The van der Waals surface area contributed by atoms with Crippen LogP contribution >= 0.6 is 0 Å². The van der Waals surface area contributed by atoms with Crippen LogP contribution in [0.3, 0.4) is 0 Å². The highest BCUT2D eigenvalue weighted by Gasteiger charge is 2.57. The van der Waals surface area contributed by atoms with E-state index in [-0.39, 0.29) is 0 Å². The van der Waals surface area contributed by atoms with Crippen LogP contribution in [-0.2, 0) is 11.8 Å². The minimum Gasteiger partial charge on any atom is -0.393 e. The van der Waals surface area contributed by atoms with Crippen molar-refractivity contribution in [1.82, 2.24) is 16.0 Å². The molecule has 0 radical (unpaired) electrons. The summed E-state index contributed by atoms with van der Waals surface area (Å²) < 4.78 is 0. The summed E-state index contributed by atoms with van der Waals surface area (Å²) in [6.45, 7) is 3.53. The number of piperidine rings is 1. The lowest BCUT2D eigenvalue weighted by atomic mass is 9.93. The van der Waals surface area contributed by atoms with Crippen molar-refractivity contribution in [3.63, 3.8) is 0 Å². The Bertz CT molecular complexity index is 674. The summed E-state index contributed by atoms with van der Waals surface area (Å²) in [5, 5.41) is 18.1. The summed E-state index contributed by atoms with van der Waals surface area (Å²) >= 11 is 0. The third kappa shape index (κ3) is 3.13. The van der Waals surface area contributed by atoms with E-state index in [1.54, 1.807) is 0 Å². The molecular weight excluding hydrogens is 308 g/mol. The number of fused-ring (bicyclic) bond motifs is 2. The van der Waals surface area contributed by atoms with Gasteiger partial charge in [0.25, 0.3) is 0 Å². The predicted octanol–water partition coefficient (Wildman–Crippen LogP) is 2.44. The molecule has 4 N–H and O–H groups in total. The third-order valence-electron chi connectivity index (χ3n) is 6.46. The van der Waals surface area contributed by atoms with E-state index in [4.69, 9.17) is 5.41 Å². The standard InChI is InChI=1S/C21H30N4/c1-23-14-18(12-22)17-3-2-16-4-7-21(19(16)10-17)11-20(21)25-13-15-5-8-24-9-6-15/h2-3,10,12,14-15,20,22-25H,4-9,11,13H2,1H3/b18-14+,22-12?. The molecule has 3 aliphatic rings. The van der Waals surface area contributed by atoms with Crippen LogP contribution in [0.25, 0.3) is 5.57 Å². The van der Waals surface area contributed by atoms with Crippen LogP contribution in [0.2, 0.25) is 0 Å². The first-order chi connectivity index (χ1) is 12.3. The smallest absolute Gasteiger partial charge is 0.0270 e. The molecule has 2 unspecified atom stereocenters. The summed E-state index contributed by atoms with van der Waals surface area (Å²) in [6, 6.07) is 7.46. The zero-order valence-corrected chi connectivity index (χ0v) is 15.2. The highest BCUT2D eigenvalue weighted by Crippen LogP contribution is 2.57. The fourth-order valence-corrected chi connectivity index (χ4v) is 4.84. The van der Waals surface area contributed by atoms with E-state index < -0.39 is 0 Å². The SMILES string of the molecule is CN/C=C(\C=N)c1ccc2c(c1)C1(CC2)CC1NCC1CCNCC1. The van der Waals surface area contributed by atoms with Gasteiger partial charge in [-0.15, -0.1) is 0 Å². The van der Waals surface area contributed by atoms with E-state index in [2.05, 4.69) is 34.1 Å². The molecule has 2 fully saturated rings. The van der Waals surface area contributed by atoms with Crippen LogP contribution in [0.15, 0.2) is 24.4 Å². The molecule has 0 amide bonds. The topological polar surface area (TPSA) is 59.9 Å². The second kappa shape index (κ2) is 6.93. The summed E-state index contributed by atoms with van der Waals surface area (Å²) in [7, 11) is 1.89. The average Bonchev–Trinajstić information content (AvgIpc) is 3.25. The van der Waals surface area contributed by atoms with Crippen molar-refractivity contribution in [3.05, 3.63) is 41.1 Å². The lowest BCUT2D eigenvalue weighted by molar-refractivity contribution is 0.351. The Hall–Kier alpha value is -1.65. The van der Waals surface area contributed by atoms with Crippen molar-refractivity contribution in [3.8, 4) is 0 Å². The summed E-state index contributed by atoms with van der Waals surface area (Å²) in [5.41, 5.74) is 5.53. The van der Waals surface area contributed by atoms with Crippen molar-refractivity contribution in [1.29, 1.82) is 5.41 Å². The molecule has 1 aromatic rings. The maximum atomic E-state index is 7.68. The second-order valence-electron chi connectivity index (χ2n) is 7.92. The zero-order chi connectivity index (χ0) is 17.3.